The summed E-state index contributed by atoms with van der Waals surface area (Å²) in [5, 5.41) is 2.29. The van der Waals surface area contributed by atoms with Gasteiger partial charge in [-0.2, -0.15) is 0 Å². The van der Waals surface area contributed by atoms with Gasteiger partial charge >= 0.3 is 6.71 Å². The minimum absolute atomic E-state index is 0.0154. The van der Waals surface area contributed by atoms with E-state index < -0.39 is 6.71 Å². The van der Waals surface area contributed by atoms with Crippen LogP contribution in [0.15, 0.2) is 160 Å². The number of furan rings is 2. The van der Waals surface area contributed by atoms with Crippen LogP contribution < -0.4 is 31.5 Å². The van der Waals surface area contributed by atoms with Gasteiger partial charge in [0.25, 0.3) is 0 Å². The van der Waals surface area contributed by atoms with Gasteiger partial charge in [0, 0.05) is 50.1 Å². The zero-order valence-corrected chi connectivity index (χ0v) is 59.8. The average molecular weight is 1240 g/mol. The Balaban J connectivity index is 1.12. The zero-order valence-electron chi connectivity index (χ0n) is 59.8. The minimum Gasteiger partial charge on any atom is -0.468 e. The fraction of sp³-hybridized carbons (Fsp3) is 0.409. The van der Waals surface area contributed by atoms with Crippen LogP contribution in [0.4, 0.5) is 45.5 Å². The Bertz CT molecular complexity index is 4550. The molecule has 6 heteroatoms. The fourth-order valence-electron chi connectivity index (χ4n) is 18.4. The van der Waals surface area contributed by atoms with Gasteiger partial charge in [-0.1, -0.05) is 222 Å². The Hall–Kier alpha value is -7.70. The molecule has 1 saturated carbocycles. The molecule has 0 spiro atoms. The zero-order chi connectivity index (χ0) is 66.1. The second-order valence-corrected chi connectivity index (χ2v) is 35.8. The molecule has 5 heterocycles. The third-order valence-electron chi connectivity index (χ3n) is 24.8. The number of hydrogen-bond donors (Lipinski definition) is 0. The van der Waals surface area contributed by atoms with Crippen LogP contribution in [0.3, 0.4) is 0 Å². The summed E-state index contributed by atoms with van der Waals surface area (Å²) in [7, 11) is 0. The number of benzene rings is 8. The maximum Gasteiger partial charge on any atom is 0.342 e. The van der Waals surface area contributed by atoms with Gasteiger partial charge in [0.05, 0.1) is 28.3 Å². The summed E-state index contributed by atoms with van der Waals surface area (Å²) >= 11 is 0. The monoisotopic (exact) mass is 1240 g/mol. The second-order valence-electron chi connectivity index (χ2n) is 35.8. The van der Waals surface area contributed by atoms with Crippen molar-refractivity contribution in [3.8, 4) is 22.3 Å². The lowest BCUT2D eigenvalue weighted by Crippen LogP contribution is -2.60. The van der Waals surface area contributed by atoms with Crippen LogP contribution in [-0.4, -0.2) is 12.3 Å². The summed E-state index contributed by atoms with van der Waals surface area (Å²) in [6, 6.07) is 60.1. The highest BCUT2D eigenvalue weighted by Crippen LogP contribution is 2.64. The van der Waals surface area contributed by atoms with Crippen molar-refractivity contribution < 1.29 is 8.83 Å². The van der Waals surface area contributed by atoms with Crippen molar-refractivity contribution in [3.63, 3.8) is 0 Å². The van der Waals surface area contributed by atoms with E-state index in [4.69, 9.17) is 8.83 Å². The Kier molecular flexibility index (Phi) is 13.0. The number of fused-ring (bicyclic) bond motifs is 13. The molecule has 8 aromatic carbocycles. The van der Waals surface area contributed by atoms with Crippen LogP contribution in [0.1, 0.15) is 227 Å². The first-order valence-corrected chi connectivity index (χ1v) is 35.6. The molecule has 6 aliphatic rings. The van der Waals surface area contributed by atoms with Crippen molar-refractivity contribution in [2.45, 2.75) is 232 Å². The largest absolute Gasteiger partial charge is 0.468 e. The highest BCUT2D eigenvalue weighted by Gasteiger charge is 2.59. The third-order valence-corrected chi connectivity index (χ3v) is 24.8. The Morgan fingerprint density at radius 3 is 1.17 bits per heavy atom. The molecule has 2 atom stereocenters. The van der Waals surface area contributed by atoms with Gasteiger partial charge in [-0.25, -0.2) is 0 Å². The van der Waals surface area contributed by atoms with E-state index in [2.05, 4.69) is 298 Å². The number of nitrogens with zero attached hydrogens (tertiary/aromatic N) is 3. The summed E-state index contributed by atoms with van der Waals surface area (Å²) in [5.74, 6) is 0. The van der Waals surface area contributed by atoms with Crippen molar-refractivity contribution in [2.75, 3.05) is 14.7 Å². The SMILES string of the molecule is CC(C)(C)c1ccc(N2c3cc(N4c5ccc(C(C)(C)C)cc5C5(C)CCCCC45C)cc4c3B(c3oc5cc6c(cc5c32)C(C)(C)CCC6(C)C)c2oc3cc5c(cc3c2N4c2ccc(C(C)(C)C)cc2-c2ccccc2)C(C)(C)CCC5(C)C)c(-c2ccccc2)c1. The maximum absolute atomic E-state index is 8.03. The summed E-state index contributed by atoms with van der Waals surface area (Å²) in [6.07, 6.45) is 9.02. The van der Waals surface area contributed by atoms with E-state index in [1.54, 1.807) is 0 Å². The molecule has 2 aromatic heterocycles. The van der Waals surface area contributed by atoms with Crippen molar-refractivity contribution in [1.82, 2.24) is 0 Å². The molecule has 0 radical (unpaired) electrons. The van der Waals surface area contributed by atoms with Crippen molar-refractivity contribution in [3.05, 3.63) is 196 Å². The summed E-state index contributed by atoms with van der Waals surface area (Å²) < 4.78 is 16.1. The van der Waals surface area contributed by atoms with Gasteiger partial charge in [-0.15, -0.1) is 0 Å². The van der Waals surface area contributed by atoms with Crippen LogP contribution in [0, 0.1) is 0 Å². The molecule has 16 rings (SSSR count). The van der Waals surface area contributed by atoms with E-state index in [-0.39, 0.29) is 48.9 Å². The molecular formula is C88H98BN3O2. The highest BCUT2D eigenvalue weighted by molar-refractivity contribution is 6.99. The molecule has 480 valence electrons. The van der Waals surface area contributed by atoms with Gasteiger partial charge in [-0.3, -0.25) is 0 Å². The molecule has 0 amide bonds. The molecule has 0 saturated heterocycles. The summed E-state index contributed by atoms with van der Waals surface area (Å²) in [5.41, 5.74) is 29.2. The summed E-state index contributed by atoms with van der Waals surface area (Å²) in [4.78, 5) is 8.24. The molecular weight excluding hydrogens is 1140 g/mol. The smallest absolute Gasteiger partial charge is 0.342 e. The van der Waals surface area contributed by atoms with E-state index in [1.807, 2.05) is 0 Å². The molecule has 3 aliphatic carbocycles. The van der Waals surface area contributed by atoms with Gasteiger partial charge in [-0.05, 0) is 211 Å². The van der Waals surface area contributed by atoms with Crippen LogP contribution >= 0.6 is 0 Å². The molecule has 5 nitrogen and oxygen atoms in total. The first-order chi connectivity index (χ1) is 44.2. The number of rotatable bonds is 5. The van der Waals surface area contributed by atoms with Crippen LogP contribution in [-0.2, 0) is 43.3 Å². The van der Waals surface area contributed by atoms with Gasteiger partial charge in [0.2, 0.25) is 0 Å². The topological polar surface area (TPSA) is 36.0 Å². The number of anilines is 8. The Labute approximate surface area is 561 Å². The van der Waals surface area contributed by atoms with E-state index >= 15 is 0 Å². The Morgan fingerprint density at radius 2 is 0.755 bits per heavy atom. The number of hydrogen-bond acceptors (Lipinski definition) is 5. The Morgan fingerprint density at radius 1 is 0.372 bits per heavy atom. The standard InChI is InChI=1S/C88H98BN3O2/c1-80(2,3)55-32-35-68(59(44-55)53-28-22-20-23-29-53)90-71-47-58(92-70-37-34-57(82(7,8)9)46-67(70)87(18)38-26-27-39-88(87,92)19)48-72-75(71)89(78-76(90)61-49-63-65(51-73(61)93-78)85(14,15)42-40-83(63,10)11)79-77(62-50-64-66(52-74(62)94-79)86(16,17)43-41-84(64,12)13)91(72)69-36-33-56(81(4,5)6)45-60(69)54-30-24-21-25-31-54/h20-25,28-37,44-52H,26-27,38-43H2,1-19H3. The molecule has 94 heavy (non-hydrogen) atoms. The van der Waals surface area contributed by atoms with E-state index in [0.29, 0.717) is 0 Å². The van der Waals surface area contributed by atoms with Crippen LogP contribution in [0.2, 0.25) is 0 Å². The lowest BCUT2D eigenvalue weighted by molar-refractivity contribution is 0.195. The predicted octanol–water partition coefficient (Wildman–Crippen LogP) is 22.9. The van der Waals surface area contributed by atoms with E-state index in [9.17, 15) is 0 Å². The van der Waals surface area contributed by atoms with Gasteiger partial charge in [0.1, 0.15) is 22.5 Å². The van der Waals surface area contributed by atoms with Crippen molar-refractivity contribution in [2.24, 2.45) is 0 Å². The average Bonchev–Trinajstić information content (AvgIpc) is 1.44. The second kappa shape index (κ2) is 20.0. The van der Waals surface area contributed by atoms with E-state index in [1.165, 1.54) is 96.4 Å². The normalized spacial score (nSPS) is 21.4. The molecule has 0 bridgehead atoms. The molecule has 10 aromatic rings. The van der Waals surface area contributed by atoms with Crippen molar-refractivity contribution in [1.29, 1.82) is 0 Å². The predicted molar refractivity (Wildman–Crippen MR) is 400 cm³/mol. The lowest BCUT2D eigenvalue weighted by atomic mass is 9.37. The van der Waals surface area contributed by atoms with Gasteiger partial charge in [0.15, 0.2) is 0 Å². The fourth-order valence-corrected chi connectivity index (χ4v) is 18.4. The molecule has 2 unspecified atom stereocenters. The lowest BCUT2D eigenvalue weighted by Gasteiger charge is -2.51. The van der Waals surface area contributed by atoms with Crippen molar-refractivity contribution >= 4 is 90.9 Å². The molecule has 1 fully saturated rings. The third kappa shape index (κ3) is 8.84. The van der Waals surface area contributed by atoms with E-state index in [0.717, 1.165) is 106 Å². The van der Waals surface area contributed by atoms with Crippen LogP contribution in [0.25, 0.3) is 44.2 Å². The maximum atomic E-state index is 8.03. The first-order valence-electron chi connectivity index (χ1n) is 35.6. The highest BCUT2D eigenvalue weighted by atomic mass is 16.3. The van der Waals surface area contributed by atoms with Gasteiger partial charge < -0.3 is 23.5 Å². The first kappa shape index (κ1) is 61.2. The minimum atomic E-state index is -0.425. The molecule has 3 aliphatic heterocycles. The molecule has 0 N–H and O–H groups in total. The van der Waals surface area contributed by atoms with Crippen LogP contribution in [0.5, 0.6) is 0 Å². The summed E-state index contributed by atoms with van der Waals surface area (Å²) in [6.45, 7) is 45.7. The quantitative estimate of drug-likeness (QED) is 0.161.